The van der Waals surface area contributed by atoms with Gasteiger partial charge in [0, 0.05) is 70.0 Å². The second-order valence-corrected chi connectivity index (χ2v) is 15.6. The number of anilines is 2. The summed E-state index contributed by atoms with van der Waals surface area (Å²) in [6.07, 6.45) is 6.12. The third-order valence-electron chi connectivity index (χ3n) is 11.3. The molecule has 1 unspecified atom stereocenters. The van der Waals surface area contributed by atoms with Crippen molar-refractivity contribution in [2.75, 3.05) is 55.6 Å². The summed E-state index contributed by atoms with van der Waals surface area (Å²) in [7, 11) is 0. The second kappa shape index (κ2) is 18.1. The van der Waals surface area contributed by atoms with Crippen LogP contribution in [0, 0.1) is 17.2 Å². The molecule has 294 valence electrons. The van der Waals surface area contributed by atoms with Crippen molar-refractivity contribution in [2.24, 2.45) is 5.92 Å². The van der Waals surface area contributed by atoms with E-state index in [1.807, 2.05) is 18.2 Å². The SMILES string of the molecule is N#Cc1ccc(O[C@H]2CC[C@H](NC(=O)c3ccc(N4CCC(CN5CCN(c6ccc(CC(=O)NC7CCC(=O)NC7=O)cc6)CC5)CC4)nn3)CC2)cc1Cl. The standard InChI is InChI=1S/C41H48ClN9O5/c42-34-24-33(8-3-29(34)25-43)56-32-9-4-30(5-10-32)44-41(55)36-11-13-37(48-47-36)51-17-15-28(16-18-51)26-49-19-21-50(22-20-49)31-6-1-27(2-7-31)23-39(53)45-35-12-14-38(52)46-40(35)54/h1-3,6-8,11,13,24,28,30,32,35H,4-5,9-10,12,14-23,26H2,(H,44,55)(H,45,53)(H,46,52,54)/t30-,32-,35?. The van der Waals surface area contributed by atoms with Gasteiger partial charge >= 0.3 is 0 Å². The first-order chi connectivity index (χ1) is 27.2. The van der Waals surface area contributed by atoms with Gasteiger partial charge in [-0.1, -0.05) is 23.7 Å². The number of benzene rings is 2. The van der Waals surface area contributed by atoms with Crippen LogP contribution in [0.5, 0.6) is 5.75 Å². The molecule has 0 spiro atoms. The van der Waals surface area contributed by atoms with E-state index in [9.17, 15) is 19.2 Å². The van der Waals surface area contributed by atoms with Crippen LogP contribution in [0.1, 0.15) is 73.0 Å². The zero-order chi connectivity index (χ0) is 39.0. The van der Waals surface area contributed by atoms with Crippen LogP contribution in [-0.4, -0.2) is 103 Å². The lowest BCUT2D eigenvalue weighted by molar-refractivity contribution is -0.137. The van der Waals surface area contributed by atoms with E-state index >= 15 is 0 Å². The molecule has 56 heavy (non-hydrogen) atoms. The highest BCUT2D eigenvalue weighted by Crippen LogP contribution is 2.28. The van der Waals surface area contributed by atoms with Gasteiger partial charge in [0.15, 0.2) is 11.5 Å². The number of halogens is 1. The monoisotopic (exact) mass is 781 g/mol. The van der Waals surface area contributed by atoms with Crippen LogP contribution < -0.4 is 30.5 Å². The molecule has 3 N–H and O–H groups in total. The molecule has 0 radical (unpaired) electrons. The first-order valence-corrected chi connectivity index (χ1v) is 20.0. The molecule has 3 aromatic rings. The van der Waals surface area contributed by atoms with Crippen molar-refractivity contribution in [3.05, 3.63) is 76.4 Å². The molecule has 2 aromatic carbocycles. The van der Waals surface area contributed by atoms with Gasteiger partial charge in [0.25, 0.3) is 5.91 Å². The van der Waals surface area contributed by atoms with Crippen LogP contribution in [0.4, 0.5) is 11.5 Å². The number of piperazine rings is 1. The minimum atomic E-state index is -0.661. The Morgan fingerprint density at radius 2 is 1.61 bits per heavy atom. The van der Waals surface area contributed by atoms with Crippen LogP contribution >= 0.6 is 11.6 Å². The minimum absolute atomic E-state index is 0.0302. The molecule has 1 aliphatic carbocycles. The van der Waals surface area contributed by atoms with E-state index in [1.54, 1.807) is 24.3 Å². The average Bonchev–Trinajstić information content (AvgIpc) is 3.21. The van der Waals surface area contributed by atoms with Gasteiger partial charge in [-0.05, 0) is 92.8 Å². The van der Waals surface area contributed by atoms with Gasteiger partial charge in [-0.3, -0.25) is 29.4 Å². The summed E-state index contributed by atoms with van der Waals surface area (Å²) in [5, 5.41) is 26.3. The number of nitriles is 1. The summed E-state index contributed by atoms with van der Waals surface area (Å²) < 4.78 is 6.08. The Bertz CT molecular complexity index is 1910. The molecule has 4 heterocycles. The van der Waals surface area contributed by atoms with Crippen molar-refractivity contribution in [2.45, 2.75) is 76.0 Å². The van der Waals surface area contributed by atoms with E-state index in [-0.39, 0.29) is 42.7 Å². The van der Waals surface area contributed by atoms with E-state index in [0.717, 1.165) is 101 Å². The van der Waals surface area contributed by atoms with Crippen LogP contribution in [0.2, 0.25) is 5.02 Å². The number of carbonyl (C=O) groups excluding carboxylic acids is 4. The minimum Gasteiger partial charge on any atom is -0.490 e. The zero-order valence-electron chi connectivity index (χ0n) is 31.4. The Kier molecular flexibility index (Phi) is 12.6. The molecule has 15 heteroatoms. The van der Waals surface area contributed by atoms with Gasteiger partial charge in [0.05, 0.1) is 23.1 Å². The first-order valence-electron chi connectivity index (χ1n) is 19.6. The fraction of sp³-hybridized carbons (Fsp3) is 0.488. The van der Waals surface area contributed by atoms with Crippen molar-refractivity contribution in [1.29, 1.82) is 5.26 Å². The van der Waals surface area contributed by atoms with E-state index in [1.165, 1.54) is 0 Å². The van der Waals surface area contributed by atoms with Crippen LogP contribution in [0.3, 0.4) is 0 Å². The molecular weight excluding hydrogens is 734 g/mol. The van der Waals surface area contributed by atoms with Crippen LogP contribution in [-0.2, 0) is 20.8 Å². The Balaban J connectivity index is 0.779. The number of nitrogens with zero attached hydrogens (tertiary/aromatic N) is 6. The predicted octanol–water partition coefficient (Wildman–Crippen LogP) is 3.62. The Morgan fingerprint density at radius 1 is 0.857 bits per heavy atom. The summed E-state index contributed by atoms with van der Waals surface area (Å²) in [5.74, 6) is 0.876. The molecular formula is C41H48ClN9O5. The number of hydrogen-bond acceptors (Lipinski definition) is 11. The van der Waals surface area contributed by atoms with E-state index in [4.69, 9.17) is 21.6 Å². The number of imide groups is 1. The lowest BCUT2D eigenvalue weighted by Gasteiger charge is -2.39. The van der Waals surface area contributed by atoms with Gasteiger partial charge in [0.2, 0.25) is 17.7 Å². The second-order valence-electron chi connectivity index (χ2n) is 15.2. The highest BCUT2D eigenvalue weighted by molar-refractivity contribution is 6.31. The lowest BCUT2D eigenvalue weighted by Crippen LogP contribution is -2.52. The quantitative estimate of drug-likeness (QED) is 0.243. The molecule has 7 rings (SSSR count). The Labute approximate surface area is 331 Å². The highest BCUT2D eigenvalue weighted by atomic mass is 35.5. The molecule has 4 fully saturated rings. The number of ether oxygens (including phenoxy) is 1. The summed E-state index contributed by atoms with van der Waals surface area (Å²) in [6, 6.07) is 18.3. The Morgan fingerprint density at radius 3 is 2.27 bits per heavy atom. The third-order valence-corrected chi connectivity index (χ3v) is 11.6. The number of amides is 4. The fourth-order valence-electron chi connectivity index (χ4n) is 8.04. The first kappa shape index (κ1) is 39.0. The topological polar surface area (TPSA) is 173 Å². The van der Waals surface area contributed by atoms with Crippen molar-refractivity contribution >= 4 is 46.7 Å². The van der Waals surface area contributed by atoms with Crippen LogP contribution in [0.25, 0.3) is 0 Å². The van der Waals surface area contributed by atoms with Crippen LogP contribution in [0.15, 0.2) is 54.6 Å². The lowest BCUT2D eigenvalue weighted by atomic mass is 9.93. The van der Waals surface area contributed by atoms with E-state index < -0.39 is 11.9 Å². The Hall–Kier alpha value is -5.26. The van der Waals surface area contributed by atoms with E-state index in [2.05, 4.69) is 59.0 Å². The molecule has 3 aliphatic heterocycles. The fourth-order valence-corrected chi connectivity index (χ4v) is 8.25. The largest absolute Gasteiger partial charge is 0.490 e. The molecule has 4 aliphatic rings. The molecule has 3 saturated heterocycles. The van der Waals surface area contributed by atoms with Crippen molar-refractivity contribution in [1.82, 2.24) is 31.0 Å². The van der Waals surface area contributed by atoms with Gasteiger partial charge in [-0.25, -0.2) is 0 Å². The number of carbonyl (C=O) groups is 4. The molecule has 1 aromatic heterocycles. The summed E-state index contributed by atoms with van der Waals surface area (Å²) >= 11 is 6.14. The number of aromatic nitrogens is 2. The molecule has 0 bridgehead atoms. The number of piperidine rings is 2. The molecule has 14 nitrogen and oxygen atoms in total. The summed E-state index contributed by atoms with van der Waals surface area (Å²) in [5.41, 5.74) is 2.75. The average molecular weight is 782 g/mol. The number of nitrogens with one attached hydrogen (secondary N) is 3. The number of hydrogen-bond donors (Lipinski definition) is 3. The van der Waals surface area contributed by atoms with Gasteiger partial charge in [0.1, 0.15) is 17.9 Å². The van der Waals surface area contributed by atoms with Gasteiger partial charge < -0.3 is 25.2 Å². The molecule has 1 saturated carbocycles. The predicted molar refractivity (Wildman–Crippen MR) is 210 cm³/mol. The van der Waals surface area contributed by atoms with Gasteiger partial charge in [-0.15, -0.1) is 10.2 Å². The van der Waals surface area contributed by atoms with Gasteiger partial charge in [-0.2, -0.15) is 5.26 Å². The maximum Gasteiger partial charge on any atom is 0.272 e. The summed E-state index contributed by atoms with van der Waals surface area (Å²) in [6.45, 7) is 6.75. The smallest absolute Gasteiger partial charge is 0.272 e. The third kappa shape index (κ3) is 10.1. The number of rotatable bonds is 11. The molecule has 1 atom stereocenters. The van der Waals surface area contributed by atoms with Crippen molar-refractivity contribution < 1.29 is 23.9 Å². The highest BCUT2D eigenvalue weighted by Gasteiger charge is 2.29. The van der Waals surface area contributed by atoms with Crippen molar-refractivity contribution in [3.63, 3.8) is 0 Å². The molecule has 4 amide bonds. The normalized spacial score (nSPS) is 22.2. The summed E-state index contributed by atoms with van der Waals surface area (Å²) in [4.78, 5) is 56.0. The maximum absolute atomic E-state index is 13.0. The zero-order valence-corrected chi connectivity index (χ0v) is 32.2. The van der Waals surface area contributed by atoms with Crippen molar-refractivity contribution in [3.8, 4) is 11.8 Å². The maximum atomic E-state index is 13.0. The van der Waals surface area contributed by atoms with E-state index in [0.29, 0.717) is 34.4 Å².